The van der Waals surface area contributed by atoms with Crippen LogP contribution in [0.4, 0.5) is 0 Å². The Morgan fingerprint density at radius 1 is 1.27 bits per heavy atom. The highest BCUT2D eigenvalue weighted by Gasteiger charge is 2.06. The van der Waals surface area contributed by atoms with Gasteiger partial charge >= 0.3 is 0 Å². The second-order valence-corrected chi connectivity index (χ2v) is 3.76. The Labute approximate surface area is 91.6 Å². The molecule has 15 heavy (non-hydrogen) atoms. The van der Waals surface area contributed by atoms with E-state index in [1.807, 2.05) is 39.2 Å². The van der Waals surface area contributed by atoms with Crippen LogP contribution in [0.2, 0.25) is 0 Å². The topological polar surface area (TPSA) is 21.7 Å². The summed E-state index contributed by atoms with van der Waals surface area (Å²) in [5.41, 5.74) is 1.10. The minimum absolute atomic E-state index is 0.675. The maximum atomic E-state index is 5.70. The van der Waals surface area contributed by atoms with Gasteiger partial charge in [0, 0.05) is 6.54 Å². The van der Waals surface area contributed by atoms with Crippen molar-refractivity contribution >= 4 is 0 Å². The minimum atomic E-state index is 0.675. The Morgan fingerprint density at radius 3 is 2.60 bits per heavy atom. The SMILES string of the molecule is COc1cccc(C)c1OCCN(C)C. The smallest absolute Gasteiger partial charge is 0.164 e. The normalized spacial score (nSPS) is 10.5. The minimum Gasteiger partial charge on any atom is -0.493 e. The van der Waals surface area contributed by atoms with Crippen molar-refractivity contribution in [2.24, 2.45) is 0 Å². The van der Waals surface area contributed by atoms with Crippen molar-refractivity contribution in [1.82, 2.24) is 4.90 Å². The molecule has 1 aromatic rings. The van der Waals surface area contributed by atoms with Crippen molar-refractivity contribution in [3.05, 3.63) is 23.8 Å². The maximum absolute atomic E-state index is 5.70. The quantitative estimate of drug-likeness (QED) is 0.739. The Hall–Kier alpha value is -1.22. The molecule has 0 unspecified atom stereocenters. The van der Waals surface area contributed by atoms with E-state index in [2.05, 4.69) is 4.90 Å². The lowest BCUT2D eigenvalue weighted by Gasteiger charge is -2.15. The largest absolute Gasteiger partial charge is 0.493 e. The van der Waals surface area contributed by atoms with Gasteiger partial charge in [-0.25, -0.2) is 0 Å². The zero-order valence-corrected chi connectivity index (χ0v) is 9.91. The van der Waals surface area contributed by atoms with Crippen molar-refractivity contribution in [3.63, 3.8) is 0 Å². The molecule has 0 amide bonds. The molecule has 0 spiro atoms. The average Bonchev–Trinajstić information content (AvgIpc) is 2.20. The van der Waals surface area contributed by atoms with Gasteiger partial charge in [0.25, 0.3) is 0 Å². The third-order valence-corrected chi connectivity index (χ3v) is 2.18. The molecule has 0 aliphatic heterocycles. The summed E-state index contributed by atoms with van der Waals surface area (Å²) >= 11 is 0. The van der Waals surface area contributed by atoms with Gasteiger partial charge in [-0.1, -0.05) is 12.1 Å². The fourth-order valence-corrected chi connectivity index (χ4v) is 1.30. The monoisotopic (exact) mass is 209 g/mol. The molecule has 0 aliphatic carbocycles. The highest BCUT2D eigenvalue weighted by Crippen LogP contribution is 2.30. The molecule has 0 N–H and O–H groups in total. The Balaban J connectivity index is 2.66. The van der Waals surface area contributed by atoms with Gasteiger partial charge in [-0.05, 0) is 32.6 Å². The van der Waals surface area contributed by atoms with E-state index in [0.717, 1.165) is 23.6 Å². The number of hydrogen-bond donors (Lipinski definition) is 0. The molecule has 0 radical (unpaired) electrons. The number of benzene rings is 1. The number of aryl methyl sites for hydroxylation is 1. The zero-order valence-electron chi connectivity index (χ0n) is 9.91. The summed E-state index contributed by atoms with van der Waals surface area (Å²) < 4.78 is 10.9. The number of nitrogens with zero attached hydrogens (tertiary/aromatic N) is 1. The summed E-state index contributed by atoms with van der Waals surface area (Å²) in [6, 6.07) is 5.90. The maximum Gasteiger partial charge on any atom is 0.164 e. The number of rotatable bonds is 5. The van der Waals surface area contributed by atoms with E-state index in [-0.39, 0.29) is 0 Å². The number of ether oxygens (including phenoxy) is 2. The predicted molar refractivity (Wildman–Crippen MR) is 61.8 cm³/mol. The standard InChI is InChI=1S/C12H19NO2/c1-10-6-5-7-11(14-4)12(10)15-9-8-13(2)3/h5-7H,8-9H2,1-4H3. The molecular weight excluding hydrogens is 190 g/mol. The van der Waals surface area contributed by atoms with Gasteiger partial charge in [0.2, 0.25) is 0 Å². The van der Waals surface area contributed by atoms with E-state index < -0.39 is 0 Å². The van der Waals surface area contributed by atoms with Gasteiger partial charge in [0.1, 0.15) is 6.61 Å². The summed E-state index contributed by atoms with van der Waals surface area (Å²) in [6.45, 7) is 3.60. The van der Waals surface area contributed by atoms with Crippen molar-refractivity contribution in [2.45, 2.75) is 6.92 Å². The highest BCUT2D eigenvalue weighted by atomic mass is 16.5. The summed E-state index contributed by atoms with van der Waals surface area (Å²) in [4.78, 5) is 2.09. The molecule has 3 nitrogen and oxygen atoms in total. The van der Waals surface area contributed by atoms with E-state index >= 15 is 0 Å². The molecule has 0 heterocycles. The molecule has 0 atom stereocenters. The van der Waals surface area contributed by atoms with Gasteiger partial charge in [-0.2, -0.15) is 0 Å². The van der Waals surface area contributed by atoms with Crippen LogP contribution in [0.25, 0.3) is 0 Å². The summed E-state index contributed by atoms with van der Waals surface area (Å²) in [5.74, 6) is 1.65. The summed E-state index contributed by atoms with van der Waals surface area (Å²) in [5, 5.41) is 0. The van der Waals surface area contributed by atoms with Crippen molar-refractivity contribution in [2.75, 3.05) is 34.4 Å². The van der Waals surface area contributed by atoms with Gasteiger partial charge in [0.15, 0.2) is 11.5 Å². The first-order valence-corrected chi connectivity index (χ1v) is 5.06. The molecule has 0 saturated heterocycles. The lowest BCUT2D eigenvalue weighted by molar-refractivity contribution is 0.249. The van der Waals surface area contributed by atoms with Crippen LogP contribution in [0.3, 0.4) is 0 Å². The van der Waals surface area contributed by atoms with Crippen molar-refractivity contribution < 1.29 is 9.47 Å². The molecule has 3 heteroatoms. The number of methoxy groups -OCH3 is 1. The molecule has 0 aromatic heterocycles. The lowest BCUT2D eigenvalue weighted by Crippen LogP contribution is -2.19. The van der Waals surface area contributed by atoms with Crippen LogP contribution in [0.1, 0.15) is 5.56 Å². The summed E-state index contributed by atoms with van der Waals surface area (Å²) in [7, 11) is 5.71. The van der Waals surface area contributed by atoms with Crippen LogP contribution in [0.15, 0.2) is 18.2 Å². The van der Waals surface area contributed by atoms with Crippen LogP contribution in [-0.2, 0) is 0 Å². The van der Waals surface area contributed by atoms with Gasteiger partial charge in [-0.3, -0.25) is 0 Å². The molecule has 0 bridgehead atoms. The second-order valence-electron chi connectivity index (χ2n) is 3.76. The zero-order chi connectivity index (χ0) is 11.3. The molecule has 0 aliphatic rings. The van der Waals surface area contributed by atoms with E-state index in [1.165, 1.54) is 0 Å². The highest BCUT2D eigenvalue weighted by molar-refractivity contribution is 5.45. The lowest BCUT2D eigenvalue weighted by atomic mass is 10.2. The van der Waals surface area contributed by atoms with E-state index in [0.29, 0.717) is 6.61 Å². The summed E-state index contributed by atoms with van der Waals surface area (Å²) in [6.07, 6.45) is 0. The van der Waals surface area contributed by atoms with Crippen molar-refractivity contribution in [3.8, 4) is 11.5 Å². The third-order valence-electron chi connectivity index (χ3n) is 2.18. The number of hydrogen-bond acceptors (Lipinski definition) is 3. The molecule has 0 saturated carbocycles. The first-order valence-electron chi connectivity index (χ1n) is 5.06. The fourth-order valence-electron chi connectivity index (χ4n) is 1.30. The van der Waals surface area contributed by atoms with Gasteiger partial charge in [-0.15, -0.1) is 0 Å². The molecule has 1 rings (SSSR count). The van der Waals surface area contributed by atoms with E-state index in [9.17, 15) is 0 Å². The van der Waals surface area contributed by atoms with Crippen LogP contribution >= 0.6 is 0 Å². The van der Waals surface area contributed by atoms with Gasteiger partial charge in [0.05, 0.1) is 7.11 Å². The van der Waals surface area contributed by atoms with Crippen LogP contribution in [0.5, 0.6) is 11.5 Å². The number of likely N-dealkylation sites (N-methyl/N-ethyl adjacent to an activating group) is 1. The van der Waals surface area contributed by atoms with Gasteiger partial charge < -0.3 is 14.4 Å². The predicted octanol–water partition coefficient (Wildman–Crippen LogP) is 1.94. The molecule has 84 valence electrons. The van der Waals surface area contributed by atoms with Crippen LogP contribution < -0.4 is 9.47 Å². The number of para-hydroxylation sites is 1. The first-order chi connectivity index (χ1) is 7.15. The Kier molecular flexibility index (Phi) is 4.43. The average molecular weight is 209 g/mol. The molecule has 0 fully saturated rings. The third kappa shape index (κ3) is 3.44. The van der Waals surface area contributed by atoms with Crippen molar-refractivity contribution in [1.29, 1.82) is 0 Å². The molecule has 1 aromatic carbocycles. The van der Waals surface area contributed by atoms with Crippen LogP contribution in [-0.4, -0.2) is 39.3 Å². The molecular formula is C12H19NO2. The van der Waals surface area contributed by atoms with Crippen LogP contribution in [0, 0.1) is 6.92 Å². The second kappa shape index (κ2) is 5.61. The fraction of sp³-hybridized carbons (Fsp3) is 0.500. The van der Waals surface area contributed by atoms with E-state index in [4.69, 9.17) is 9.47 Å². The first kappa shape index (κ1) is 11.9. The Morgan fingerprint density at radius 2 is 2.00 bits per heavy atom. The van der Waals surface area contributed by atoms with E-state index in [1.54, 1.807) is 7.11 Å². The Bertz CT molecular complexity index is 310.